The van der Waals surface area contributed by atoms with Crippen molar-refractivity contribution in [3.63, 3.8) is 0 Å². The number of anilines is 1. The van der Waals surface area contributed by atoms with Crippen molar-refractivity contribution < 1.29 is 9.53 Å². The van der Waals surface area contributed by atoms with E-state index in [9.17, 15) is 4.79 Å². The molecule has 2 aliphatic rings. The summed E-state index contributed by atoms with van der Waals surface area (Å²) in [4.78, 5) is 16.2. The first-order valence-corrected chi connectivity index (χ1v) is 10.1. The third kappa shape index (κ3) is 3.69. The van der Waals surface area contributed by atoms with Gasteiger partial charge in [0.05, 0.1) is 11.8 Å². The minimum absolute atomic E-state index is 0.0716. The van der Waals surface area contributed by atoms with Gasteiger partial charge in [-0.3, -0.25) is 4.79 Å². The van der Waals surface area contributed by atoms with E-state index in [0.29, 0.717) is 6.10 Å². The molecule has 1 amide bonds. The van der Waals surface area contributed by atoms with E-state index in [-0.39, 0.29) is 5.91 Å². The van der Waals surface area contributed by atoms with E-state index in [2.05, 4.69) is 6.07 Å². The Balaban J connectivity index is 1.52. The molecule has 0 aromatic heterocycles. The maximum absolute atomic E-state index is 13.0. The van der Waals surface area contributed by atoms with Gasteiger partial charge in [-0.15, -0.1) is 11.8 Å². The van der Waals surface area contributed by atoms with Gasteiger partial charge in [-0.2, -0.15) is 0 Å². The van der Waals surface area contributed by atoms with E-state index in [1.54, 1.807) is 0 Å². The molecule has 1 aliphatic heterocycles. The summed E-state index contributed by atoms with van der Waals surface area (Å²) in [5.74, 6) is 1.99. The fraction of sp³-hybridized carbons (Fsp3) is 0.381. The van der Waals surface area contributed by atoms with Crippen molar-refractivity contribution in [2.45, 2.75) is 43.1 Å². The average Bonchev–Trinajstić information content (AvgIpc) is 3.06. The second-order valence-corrected chi connectivity index (χ2v) is 7.81. The molecule has 0 N–H and O–H groups in total. The molecule has 2 aromatic rings. The lowest BCUT2D eigenvalue weighted by Gasteiger charge is -2.22. The standard InChI is InChI=1S/C21H23NO2S/c23-21(22-14-5-15-25-20-9-4-3-8-19(20)22)16-10-12-18(13-11-16)24-17-6-1-2-7-17/h3-4,8-13,17H,1-2,5-7,14-15H2. The molecule has 4 heteroatoms. The van der Waals surface area contributed by atoms with E-state index in [1.807, 2.05) is 59.1 Å². The highest BCUT2D eigenvalue weighted by Gasteiger charge is 2.23. The molecule has 2 aromatic carbocycles. The van der Waals surface area contributed by atoms with E-state index in [4.69, 9.17) is 4.74 Å². The second-order valence-electron chi connectivity index (χ2n) is 6.68. The molecule has 4 rings (SSSR count). The molecule has 3 nitrogen and oxygen atoms in total. The van der Waals surface area contributed by atoms with Crippen LogP contribution in [-0.4, -0.2) is 24.3 Å². The van der Waals surface area contributed by atoms with Crippen molar-refractivity contribution >= 4 is 23.4 Å². The number of nitrogens with zero attached hydrogens (tertiary/aromatic N) is 1. The molecule has 0 atom stereocenters. The fourth-order valence-corrected chi connectivity index (χ4v) is 4.56. The summed E-state index contributed by atoms with van der Waals surface area (Å²) in [6.45, 7) is 0.767. The molecule has 1 heterocycles. The Morgan fingerprint density at radius 2 is 1.76 bits per heavy atom. The Morgan fingerprint density at radius 1 is 1.00 bits per heavy atom. The molecule has 0 saturated heterocycles. The van der Waals surface area contributed by atoms with Crippen LogP contribution in [0, 0.1) is 0 Å². The van der Waals surface area contributed by atoms with E-state index >= 15 is 0 Å². The number of thioether (sulfide) groups is 1. The van der Waals surface area contributed by atoms with Gasteiger partial charge in [0.1, 0.15) is 5.75 Å². The number of rotatable bonds is 3. The number of para-hydroxylation sites is 1. The van der Waals surface area contributed by atoms with Crippen LogP contribution < -0.4 is 9.64 Å². The molecule has 1 saturated carbocycles. The van der Waals surface area contributed by atoms with Crippen LogP contribution >= 0.6 is 11.8 Å². The predicted molar refractivity (Wildman–Crippen MR) is 103 cm³/mol. The highest BCUT2D eigenvalue weighted by molar-refractivity contribution is 7.99. The summed E-state index contributed by atoms with van der Waals surface area (Å²) < 4.78 is 6.00. The first-order chi connectivity index (χ1) is 12.3. The highest BCUT2D eigenvalue weighted by Crippen LogP contribution is 2.34. The molecular formula is C21H23NO2S. The van der Waals surface area contributed by atoms with Crippen molar-refractivity contribution in [3.05, 3.63) is 54.1 Å². The summed E-state index contributed by atoms with van der Waals surface area (Å²) >= 11 is 1.83. The van der Waals surface area contributed by atoms with Crippen LogP contribution in [0.3, 0.4) is 0 Å². The first-order valence-electron chi connectivity index (χ1n) is 9.12. The third-order valence-corrected chi connectivity index (χ3v) is 6.04. The lowest BCUT2D eigenvalue weighted by molar-refractivity contribution is 0.0986. The molecule has 25 heavy (non-hydrogen) atoms. The summed E-state index contributed by atoms with van der Waals surface area (Å²) in [6.07, 6.45) is 6.15. The minimum atomic E-state index is 0.0716. The normalized spacial score (nSPS) is 17.8. The zero-order valence-electron chi connectivity index (χ0n) is 14.3. The Hall–Kier alpha value is -1.94. The number of hydrogen-bond acceptors (Lipinski definition) is 3. The Morgan fingerprint density at radius 3 is 2.56 bits per heavy atom. The maximum atomic E-state index is 13.0. The van der Waals surface area contributed by atoms with Crippen LogP contribution in [0.4, 0.5) is 5.69 Å². The quantitative estimate of drug-likeness (QED) is 0.764. The van der Waals surface area contributed by atoms with Crippen LogP contribution in [0.25, 0.3) is 0 Å². The molecule has 0 spiro atoms. The van der Waals surface area contributed by atoms with Gasteiger partial charge < -0.3 is 9.64 Å². The summed E-state index contributed by atoms with van der Waals surface area (Å²) in [5.41, 5.74) is 1.75. The SMILES string of the molecule is O=C(c1ccc(OC2CCCC2)cc1)N1CCCSc2ccccc21. The van der Waals surface area contributed by atoms with Gasteiger partial charge in [0.25, 0.3) is 5.91 Å². The van der Waals surface area contributed by atoms with Gasteiger partial charge in [0.15, 0.2) is 0 Å². The van der Waals surface area contributed by atoms with Crippen LogP contribution in [0.15, 0.2) is 53.4 Å². The Kier molecular flexibility index (Phi) is 4.97. The molecule has 1 fully saturated rings. The van der Waals surface area contributed by atoms with Crippen LogP contribution in [0.2, 0.25) is 0 Å². The monoisotopic (exact) mass is 353 g/mol. The number of benzene rings is 2. The zero-order chi connectivity index (χ0) is 17.1. The number of hydrogen-bond donors (Lipinski definition) is 0. The van der Waals surface area contributed by atoms with Gasteiger partial charge in [0, 0.05) is 17.0 Å². The van der Waals surface area contributed by atoms with Gasteiger partial charge in [0.2, 0.25) is 0 Å². The van der Waals surface area contributed by atoms with Crippen LogP contribution in [-0.2, 0) is 0 Å². The zero-order valence-corrected chi connectivity index (χ0v) is 15.1. The lowest BCUT2D eigenvalue weighted by atomic mass is 10.1. The van der Waals surface area contributed by atoms with Gasteiger partial charge in [-0.05, 0) is 74.3 Å². The van der Waals surface area contributed by atoms with Gasteiger partial charge in [-0.1, -0.05) is 12.1 Å². The number of carbonyl (C=O) groups excluding carboxylic acids is 1. The maximum Gasteiger partial charge on any atom is 0.258 e. The third-order valence-electron chi connectivity index (χ3n) is 4.89. The smallest absolute Gasteiger partial charge is 0.258 e. The van der Waals surface area contributed by atoms with Crippen molar-refractivity contribution in [2.75, 3.05) is 17.2 Å². The summed E-state index contributed by atoms with van der Waals surface area (Å²) in [5, 5.41) is 0. The largest absolute Gasteiger partial charge is 0.490 e. The van der Waals surface area contributed by atoms with E-state index in [0.717, 1.165) is 48.6 Å². The molecule has 0 bridgehead atoms. The summed E-state index contributed by atoms with van der Waals surface area (Å²) in [7, 11) is 0. The number of carbonyl (C=O) groups is 1. The first kappa shape index (κ1) is 16.5. The van der Waals surface area contributed by atoms with Crippen molar-refractivity contribution in [3.8, 4) is 5.75 Å². The Bertz CT molecular complexity index is 738. The lowest BCUT2D eigenvalue weighted by Crippen LogP contribution is -2.31. The highest BCUT2D eigenvalue weighted by atomic mass is 32.2. The molecule has 130 valence electrons. The molecule has 0 radical (unpaired) electrons. The Labute approximate surface area is 153 Å². The van der Waals surface area contributed by atoms with Crippen molar-refractivity contribution in [1.82, 2.24) is 0 Å². The fourth-order valence-electron chi connectivity index (χ4n) is 3.57. The predicted octanol–water partition coefficient (Wildman–Crippen LogP) is 5.15. The number of fused-ring (bicyclic) bond motifs is 1. The van der Waals surface area contributed by atoms with E-state index in [1.165, 1.54) is 17.7 Å². The minimum Gasteiger partial charge on any atom is -0.490 e. The average molecular weight is 353 g/mol. The van der Waals surface area contributed by atoms with Crippen molar-refractivity contribution in [1.29, 1.82) is 0 Å². The van der Waals surface area contributed by atoms with Crippen LogP contribution in [0.1, 0.15) is 42.5 Å². The van der Waals surface area contributed by atoms with Gasteiger partial charge in [-0.25, -0.2) is 0 Å². The second kappa shape index (κ2) is 7.52. The summed E-state index contributed by atoms with van der Waals surface area (Å²) in [6, 6.07) is 15.8. The van der Waals surface area contributed by atoms with Crippen LogP contribution in [0.5, 0.6) is 5.75 Å². The molecule has 1 aliphatic carbocycles. The molecule has 0 unspecified atom stereocenters. The van der Waals surface area contributed by atoms with Crippen molar-refractivity contribution in [2.24, 2.45) is 0 Å². The molecular weight excluding hydrogens is 330 g/mol. The van der Waals surface area contributed by atoms with E-state index < -0.39 is 0 Å². The topological polar surface area (TPSA) is 29.5 Å². The van der Waals surface area contributed by atoms with Gasteiger partial charge >= 0.3 is 0 Å². The number of ether oxygens (including phenoxy) is 1. The number of amides is 1.